The molecule has 0 saturated carbocycles. The standard InChI is InChI=1S/C9H15N5O.ClH/c1-4-9(2,3)14-5-6(11-4)12-8(10)13-7(5)15;/h4,14H,1-3H3,(H4,10,11,12,13,15);1H. The Morgan fingerprint density at radius 3 is 2.69 bits per heavy atom. The first-order valence-electron chi connectivity index (χ1n) is 4.84. The van der Waals surface area contributed by atoms with E-state index in [1.54, 1.807) is 0 Å². The average molecular weight is 246 g/mol. The Morgan fingerprint density at radius 2 is 2.06 bits per heavy atom. The van der Waals surface area contributed by atoms with Gasteiger partial charge in [-0.05, 0) is 20.8 Å². The topological polar surface area (TPSA) is 95.8 Å². The third-order valence-corrected chi connectivity index (χ3v) is 2.82. The first-order chi connectivity index (χ1) is 6.90. The summed E-state index contributed by atoms with van der Waals surface area (Å²) in [5.74, 6) is 0.642. The van der Waals surface area contributed by atoms with E-state index in [0.29, 0.717) is 11.5 Å². The van der Waals surface area contributed by atoms with Crippen molar-refractivity contribution >= 4 is 29.9 Å². The number of nitrogens with one attached hydrogen (secondary N) is 3. The smallest absolute Gasteiger partial charge is 0.277 e. The van der Waals surface area contributed by atoms with Crippen LogP contribution in [0.4, 0.5) is 17.5 Å². The van der Waals surface area contributed by atoms with Crippen molar-refractivity contribution in [3.63, 3.8) is 0 Å². The van der Waals surface area contributed by atoms with Crippen molar-refractivity contribution in [2.75, 3.05) is 16.4 Å². The molecule has 0 amide bonds. The van der Waals surface area contributed by atoms with E-state index >= 15 is 0 Å². The predicted molar refractivity (Wildman–Crippen MR) is 67.3 cm³/mol. The number of nitrogens with two attached hydrogens (primary N) is 1. The number of halogens is 1. The third kappa shape index (κ3) is 1.92. The quantitative estimate of drug-likeness (QED) is 0.542. The Labute approximate surface area is 99.4 Å². The number of aromatic amines is 1. The van der Waals surface area contributed by atoms with Crippen LogP contribution >= 0.6 is 12.4 Å². The van der Waals surface area contributed by atoms with Gasteiger partial charge in [0.2, 0.25) is 5.95 Å². The van der Waals surface area contributed by atoms with Crippen molar-refractivity contribution < 1.29 is 0 Å². The summed E-state index contributed by atoms with van der Waals surface area (Å²) in [5.41, 5.74) is 5.47. The number of fused-ring (bicyclic) bond motifs is 1. The van der Waals surface area contributed by atoms with Gasteiger partial charge in [-0.15, -0.1) is 12.4 Å². The number of nitrogen functional groups attached to an aromatic ring is 1. The van der Waals surface area contributed by atoms with Gasteiger partial charge in [0.05, 0.1) is 5.54 Å². The van der Waals surface area contributed by atoms with Gasteiger partial charge in [0.15, 0.2) is 5.82 Å². The maximum atomic E-state index is 11.6. The zero-order valence-corrected chi connectivity index (χ0v) is 10.2. The molecule has 1 atom stereocenters. The Kier molecular flexibility index (Phi) is 3.05. The van der Waals surface area contributed by atoms with Gasteiger partial charge in [-0.3, -0.25) is 9.78 Å². The molecule has 16 heavy (non-hydrogen) atoms. The number of rotatable bonds is 0. The molecule has 7 heteroatoms. The molecule has 1 aliphatic rings. The van der Waals surface area contributed by atoms with Crippen molar-refractivity contribution in [2.45, 2.75) is 32.4 Å². The van der Waals surface area contributed by atoms with Gasteiger partial charge in [0, 0.05) is 6.04 Å². The van der Waals surface area contributed by atoms with Gasteiger partial charge in [-0.25, -0.2) is 0 Å². The van der Waals surface area contributed by atoms with E-state index in [4.69, 9.17) is 5.73 Å². The summed E-state index contributed by atoms with van der Waals surface area (Å²) in [6.07, 6.45) is 0. The highest BCUT2D eigenvalue weighted by Crippen LogP contribution is 2.28. The van der Waals surface area contributed by atoms with E-state index in [2.05, 4.69) is 20.6 Å². The molecule has 2 rings (SSSR count). The van der Waals surface area contributed by atoms with Crippen LogP contribution in [0, 0.1) is 0 Å². The fraction of sp³-hybridized carbons (Fsp3) is 0.556. The fourth-order valence-corrected chi connectivity index (χ4v) is 1.53. The molecule has 1 aromatic heterocycles. The van der Waals surface area contributed by atoms with Gasteiger partial charge < -0.3 is 16.4 Å². The van der Waals surface area contributed by atoms with E-state index in [9.17, 15) is 4.79 Å². The number of H-pyrrole nitrogens is 1. The number of nitrogens with zero attached hydrogens (tertiary/aromatic N) is 1. The molecule has 90 valence electrons. The molecule has 6 nitrogen and oxygen atoms in total. The monoisotopic (exact) mass is 245 g/mol. The maximum Gasteiger partial charge on any atom is 0.277 e. The van der Waals surface area contributed by atoms with E-state index in [-0.39, 0.29) is 35.5 Å². The average Bonchev–Trinajstić information content (AvgIpc) is 2.09. The molecule has 0 fully saturated rings. The lowest BCUT2D eigenvalue weighted by molar-refractivity contribution is 0.483. The minimum Gasteiger partial charge on any atom is -0.371 e. The predicted octanol–water partition coefficient (Wildman–Crippen LogP) is 0.778. The number of hydrogen-bond donors (Lipinski definition) is 4. The summed E-state index contributed by atoms with van der Waals surface area (Å²) in [6, 6.07) is 0.165. The van der Waals surface area contributed by atoms with Crippen LogP contribution in [0.5, 0.6) is 0 Å². The molecule has 0 aliphatic carbocycles. The van der Waals surface area contributed by atoms with Gasteiger partial charge >= 0.3 is 0 Å². The molecule has 0 aromatic carbocycles. The van der Waals surface area contributed by atoms with Gasteiger partial charge in [0.25, 0.3) is 5.56 Å². The molecule has 5 N–H and O–H groups in total. The molecule has 1 unspecified atom stereocenters. The van der Waals surface area contributed by atoms with E-state index < -0.39 is 0 Å². The molecule has 0 spiro atoms. The summed E-state index contributed by atoms with van der Waals surface area (Å²) in [7, 11) is 0. The Morgan fingerprint density at radius 1 is 1.44 bits per heavy atom. The summed E-state index contributed by atoms with van der Waals surface area (Å²) >= 11 is 0. The van der Waals surface area contributed by atoms with Crippen LogP contribution in [0.1, 0.15) is 20.8 Å². The molecule has 0 saturated heterocycles. The van der Waals surface area contributed by atoms with Gasteiger partial charge in [-0.2, -0.15) is 4.98 Å². The molecule has 2 heterocycles. The highest BCUT2D eigenvalue weighted by Gasteiger charge is 2.33. The third-order valence-electron chi connectivity index (χ3n) is 2.82. The summed E-state index contributed by atoms with van der Waals surface area (Å²) < 4.78 is 0. The van der Waals surface area contributed by atoms with Crippen LogP contribution in [0.2, 0.25) is 0 Å². The zero-order chi connectivity index (χ0) is 11.2. The Bertz CT molecular complexity index is 456. The molecule has 1 aliphatic heterocycles. The van der Waals surface area contributed by atoms with Crippen LogP contribution < -0.4 is 21.9 Å². The van der Waals surface area contributed by atoms with Gasteiger partial charge in [-0.1, -0.05) is 0 Å². The Hall–Kier alpha value is -1.43. The van der Waals surface area contributed by atoms with Crippen LogP contribution in [-0.2, 0) is 0 Å². The largest absolute Gasteiger partial charge is 0.371 e. The minimum absolute atomic E-state index is 0. The zero-order valence-electron chi connectivity index (χ0n) is 9.42. The minimum atomic E-state index is -0.245. The van der Waals surface area contributed by atoms with Crippen molar-refractivity contribution in [3.05, 3.63) is 10.4 Å². The van der Waals surface area contributed by atoms with Crippen LogP contribution in [-0.4, -0.2) is 21.5 Å². The lowest BCUT2D eigenvalue weighted by Crippen LogP contribution is -2.51. The molecule has 0 radical (unpaired) electrons. The summed E-state index contributed by atoms with van der Waals surface area (Å²) in [5, 5.41) is 6.32. The van der Waals surface area contributed by atoms with E-state index in [1.807, 2.05) is 20.8 Å². The summed E-state index contributed by atoms with van der Waals surface area (Å²) in [4.78, 5) is 18.1. The highest BCUT2D eigenvalue weighted by atomic mass is 35.5. The second kappa shape index (κ2) is 3.86. The van der Waals surface area contributed by atoms with E-state index in [0.717, 1.165) is 0 Å². The Balaban J connectivity index is 0.00000128. The van der Waals surface area contributed by atoms with Crippen molar-refractivity contribution in [1.29, 1.82) is 0 Å². The maximum absolute atomic E-state index is 11.6. The lowest BCUT2D eigenvalue weighted by atomic mass is 9.93. The van der Waals surface area contributed by atoms with E-state index in [1.165, 1.54) is 0 Å². The SMILES string of the molecule is CC1Nc2nc(N)[nH]c(=O)c2NC1(C)C.Cl. The van der Waals surface area contributed by atoms with Crippen molar-refractivity contribution in [1.82, 2.24) is 9.97 Å². The molecule has 0 bridgehead atoms. The second-order valence-electron chi connectivity index (χ2n) is 4.39. The van der Waals surface area contributed by atoms with Crippen molar-refractivity contribution in [2.24, 2.45) is 0 Å². The first kappa shape index (κ1) is 12.6. The van der Waals surface area contributed by atoms with Crippen LogP contribution in [0.15, 0.2) is 4.79 Å². The highest BCUT2D eigenvalue weighted by molar-refractivity contribution is 5.85. The normalized spacial score (nSPS) is 21.1. The molecular weight excluding hydrogens is 230 g/mol. The first-order valence-corrected chi connectivity index (χ1v) is 4.84. The number of hydrogen-bond acceptors (Lipinski definition) is 5. The number of aromatic nitrogens is 2. The second-order valence-corrected chi connectivity index (χ2v) is 4.39. The molecular formula is C9H16ClN5O. The lowest BCUT2D eigenvalue weighted by Gasteiger charge is -2.39. The van der Waals surface area contributed by atoms with Crippen molar-refractivity contribution in [3.8, 4) is 0 Å². The van der Waals surface area contributed by atoms with Crippen LogP contribution in [0.3, 0.4) is 0 Å². The fourth-order valence-electron chi connectivity index (χ4n) is 1.53. The van der Waals surface area contributed by atoms with Crippen LogP contribution in [0.25, 0.3) is 0 Å². The number of anilines is 3. The summed E-state index contributed by atoms with van der Waals surface area (Å²) in [6.45, 7) is 6.06. The van der Waals surface area contributed by atoms with Gasteiger partial charge in [0.1, 0.15) is 5.69 Å². The molecule has 1 aromatic rings.